The average Bonchev–Trinajstić information content (AvgIpc) is 2.34. The average molecular weight is 266 g/mol. The minimum absolute atomic E-state index is 0.207. The van der Waals surface area contributed by atoms with Gasteiger partial charge in [0.25, 0.3) is 0 Å². The number of carbonyl (C=O) groups excluding carboxylic acids is 1. The first kappa shape index (κ1) is 15.0. The van der Waals surface area contributed by atoms with E-state index < -0.39 is 11.6 Å². The molecule has 0 radical (unpaired) electrons. The summed E-state index contributed by atoms with van der Waals surface area (Å²) < 4.78 is 0. The Labute approximate surface area is 111 Å². The highest BCUT2D eigenvalue weighted by molar-refractivity contribution is 5.80. The summed E-state index contributed by atoms with van der Waals surface area (Å²) in [7, 11) is 0. The van der Waals surface area contributed by atoms with Gasteiger partial charge in [-0.3, -0.25) is 4.79 Å². The van der Waals surface area contributed by atoms with E-state index in [9.17, 15) is 14.7 Å². The van der Waals surface area contributed by atoms with Gasteiger partial charge in [0, 0.05) is 12.1 Å². The third-order valence-corrected chi connectivity index (χ3v) is 2.68. The lowest BCUT2D eigenvalue weighted by Crippen LogP contribution is -2.46. The lowest BCUT2D eigenvalue weighted by Gasteiger charge is -2.18. The molecule has 6 heteroatoms. The van der Waals surface area contributed by atoms with Crippen LogP contribution in [0.3, 0.4) is 0 Å². The largest absolute Gasteiger partial charge is 0.479 e. The van der Waals surface area contributed by atoms with E-state index in [0.29, 0.717) is 12.1 Å². The zero-order valence-electron chi connectivity index (χ0n) is 10.7. The van der Waals surface area contributed by atoms with Gasteiger partial charge in [0.2, 0.25) is 5.91 Å². The van der Waals surface area contributed by atoms with Gasteiger partial charge in [-0.1, -0.05) is 12.1 Å². The lowest BCUT2D eigenvalue weighted by atomic mass is 10.1. The molecule has 1 amide bonds. The maximum Gasteiger partial charge on any atom is 0.337 e. The lowest BCUT2D eigenvalue weighted by molar-refractivity contribution is -0.156. The van der Waals surface area contributed by atoms with Crippen LogP contribution >= 0.6 is 0 Å². The fourth-order valence-electron chi connectivity index (χ4n) is 1.44. The Bertz CT molecular complexity index is 471. The van der Waals surface area contributed by atoms with Crippen LogP contribution in [0.15, 0.2) is 24.3 Å². The van der Waals surface area contributed by atoms with Crippen LogP contribution in [0.25, 0.3) is 0 Å². The van der Waals surface area contributed by atoms with Gasteiger partial charge < -0.3 is 21.3 Å². The van der Waals surface area contributed by atoms with E-state index >= 15 is 0 Å². The highest BCUT2D eigenvalue weighted by Crippen LogP contribution is 2.08. The number of rotatable bonds is 6. The van der Waals surface area contributed by atoms with Crippen LogP contribution in [-0.2, 0) is 16.0 Å². The molecule has 0 aliphatic heterocycles. The fourth-order valence-corrected chi connectivity index (χ4v) is 1.44. The molecule has 0 spiro atoms. The summed E-state index contributed by atoms with van der Waals surface area (Å²) in [5.74, 6) is -1.69. The van der Waals surface area contributed by atoms with Crippen LogP contribution in [0.4, 0.5) is 5.69 Å². The molecule has 0 fully saturated rings. The van der Waals surface area contributed by atoms with Crippen molar-refractivity contribution in [2.75, 3.05) is 12.3 Å². The van der Waals surface area contributed by atoms with Gasteiger partial charge in [-0.2, -0.15) is 0 Å². The molecule has 0 aliphatic carbocycles. The highest BCUT2D eigenvalue weighted by atomic mass is 16.4. The van der Waals surface area contributed by atoms with Crippen molar-refractivity contribution in [3.63, 3.8) is 0 Å². The molecular weight excluding hydrogens is 248 g/mol. The van der Waals surface area contributed by atoms with Crippen molar-refractivity contribution in [1.29, 1.82) is 0 Å². The molecule has 6 nitrogen and oxygen atoms in total. The molecular formula is C13H18N2O4. The summed E-state index contributed by atoms with van der Waals surface area (Å²) in [5.41, 5.74) is 5.23. The number of hydrogen-bond acceptors (Lipinski definition) is 4. The summed E-state index contributed by atoms with van der Waals surface area (Å²) in [6.07, 6.45) is 0.714. The maximum absolute atomic E-state index is 11.5. The summed E-state index contributed by atoms with van der Waals surface area (Å²) >= 11 is 0. The Balaban J connectivity index is 2.39. The van der Waals surface area contributed by atoms with Gasteiger partial charge in [-0.05, 0) is 31.0 Å². The van der Waals surface area contributed by atoms with Gasteiger partial charge in [0.1, 0.15) is 0 Å². The molecule has 104 valence electrons. The SMILES string of the molecule is CC(O)(CNC(=O)CCc1cccc(N)c1)C(=O)O. The molecule has 1 atom stereocenters. The minimum Gasteiger partial charge on any atom is -0.479 e. The van der Waals surface area contributed by atoms with E-state index in [4.69, 9.17) is 10.8 Å². The van der Waals surface area contributed by atoms with Crippen molar-refractivity contribution >= 4 is 17.6 Å². The number of carbonyl (C=O) groups is 2. The number of nitrogen functional groups attached to an aromatic ring is 1. The topological polar surface area (TPSA) is 113 Å². The van der Waals surface area contributed by atoms with E-state index in [1.54, 1.807) is 18.2 Å². The molecule has 0 saturated carbocycles. The van der Waals surface area contributed by atoms with Gasteiger partial charge in [0.15, 0.2) is 5.60 Å². The first-order chi connectivity index (χ1) is 8.81. The Morgan fingerprint density at radius 2 is 2.11 bits per heavy atom. The highest BCUT2D eigenvalue weighted by Gasteiger charge is 2.30. The van der Waals surface area contributed by atoms with E-state index in [1.807, 2.05) is 6.07 Å². The second-order valence-electron chi connectivity index (χ2n) is 4.60. The first-order valence-corrected chi connectivity index (χ1v) is 5.88. The number of nitrogens with one attached hydrogen (secondary N) is 1. The van der Waals surface area contributed by atoms with Crippen LogP contribution < -0.4 is 11.1 Å². The van der Waals surface area contributed by atoms with Crippen LogP contribution in [0.2, 0.25) is 0 Å². The minimum atomic E-state index is -1.95. The molecule has 0 bridgehead atoms. The Kier molecular flexibility index (Phi) is 4.88. The van der Waals surface area contributed by atoms with Gasteiger partial charge >= 0.3 is 5.97 Å². The summed E-state index contributed by atoms with van der Waals surface area (Å²) in [5, 5.41) is 20.5. The predicted molar refractivity (Wildman–Crippen MR) is 70.4 cm³/mol. The maximum atomic E-state index is 11.5. The fraction of sp³-hybridized carbons (Fsp3) is 0.385. The van der Waals surface area contributed by atoms with Gasteiger partial charge in [0.05, 0.1) is 6.54 Å². The van der Waals surface area contributed by atoms with Crippen molar-refractivity contribution in [2.45, 2.75) is 25.4 Å². The molecule has 1 aromatic rings. The Hall–Kier alpha value is -2.08. The number of aryl methyl sites for hydroxylation is 1. The molecule has 0 aromatic heterocycles. The Morgan fingerprint density at radius 3 is 2.68 bits per heavy atom. The molecule has 1 unspecified atom stereocenters. The number of nitrogens with two attached hydrogens (primary N) is 1. The predicted octanol–water partition coefficient (Wildman–Crippen LogP) is 0.153. The molecule has 5 N–H and O–H groups in total. The number of anilines is 1. The second-order valence-corrected chi connectivity index (χ2v) is 4.60. The van der Waals surface area contributed by atoms with Crippen molar-refractivity contribution in [3.8, 4) is 0 Å². The molecule has 0 heterocycles. The number of aliphatic carboxylic acids is 1. The molecule has 0 aliphatic rings. The first-order valence-electron chi connectivity index (χ1n) is 5.88. The molecule has 19 heavy (non-hydrogen) atoms. The number of aliphatic hydroxyl groups is 1. The molecule has 0 saturated heterocycles. The second kappa shape index (κ2) is 6.19. The number of hydrogen-bond donors (Lipinski definition) is 4. The van der Waals surface area contributed by atoms with Crippen molar-refractivity contribution in [3.05, 3.63) is 29.8 Å². The zero-order valence-corrected chi connectivity index (χ0v) is 10.7. The smallest absolute Gasteiger partial charge is 0.337 e. The number of amides is 1. The summed E-state index contributed by atoms with van der Waals surface area (Å²) in [6.45, 7) is 0.811. The van der Waals surface area contributed by atoms with Gasteiger partial charge in [-0.25, -0.2) is 4.79 Å². The summed E-state index contributed by atoms with van der Waals surface area (Å²) in [4.78, 5) is 22.2. The van der Waals surface area contributed by atoms with Crippen LogP contribution in [-0.4, -0.2) is 34.2 Å². The summed E-state index contributed by atoms with van der Waals surface area (Å²) in [6, 6.07) is 7.20. The van der Waals surface area contributed by atoms with E-state index in [1.165, 1.54) is 0 Å². The number of benzene rings is 1. The zero-order chi connectivity index (χ0) is 14.5. The van der Waals surface area contributed by atoms with Crippen LogP contribution in [0, 0.1) is 0 Å². The standard InChI is InChI=1S/C13H18N2O4/c1-13(19,12(17)18)8-15-11(16)6-5-9-3-2-4-10(14)7-9/h2-4,7,19H,5-6,8,14H2,1H3,(H,15,16)(H,17,18). The number of carboxylic acid groups (broad SMARTS) is 1. The van der Waals surface area contributed by atoms with E-state index in [2.05, 4.69) is 5.32 Å². The third-order valence-electron chi connectivity index (χ3n) is 2.68. The van der Waals surface area contributed by atoms with Crippen molar-refractivity contribution < 1.29 is 19.8 Å². The monoisotopic (exact) mass is 266 g/mol. The van der Waals surface area contributed by atoms with Gasteiger partial charge in [-0.15, -0.1) is 0 Å². The third kappa shape index (κ3) is 4.97. The van der Waals surface area contributed by atoms with Crippen LogP contribution in [0.5, 0.6) is 0 Å². The molecule has 1 rings (SSSR count). The Morgan fingerprint density at radius 1 is 1.42 bits per heavy atom. The quantitative estimate of drug-likeness (QED) is 0.548. The van der Waals surface area contributed by atoms with Crippen LogP contribution in [0.1, 0.15) is 18.9 Å². The van der Waals surface area contributed by atoms with Crippen molar-refractivity contribution in [1.82, 2.24) is 5.32 Å². The van der Waals surface area contributed by atoms with E-state index in [-0.39, 0.29) is 18.9 Å². The normalized spacial score (nSPS) is 13.6. The van der Waals surface area contributed by atoms with E-state index in [0.717, 1.165) is 12.5 Å². The van der Waals surface area contributed by atoms with Crippen molar-refractivity contribution in [2.24, 2.45) is 0 Å². The molecule has 1 aromatic carbocycles. The number of carboxylic acids is 1.